The first kappa shape index (κ1) is 33.7. The van der Waals surface area contributed by atoms with Crippen LogP contribution in [0.15, 0.2) is 33.7 Å². The Hall–Kier alpha value is 1.07. The predicted octanol–water partition coefficient (Wildman–Crippen LogP) is 1.46. The van der Waals surface area contributed by atoms with Gasteiger partial charge in [-0.05, 0) is 0 Å². The van der Waals surface area contributed by atoms with Gasteiger partial charge in [0, 0.05) is 0 Å². The van der Waals surface area contributed by atoms with Crippen LogP contribution in [0.5, 0.6) is 0 Å². The zero-order chi connectivity index (χ0) is 20.5. The van der Waals surface area contributed by atoms with E-state index >= 15 is 0 Å². The fourth-order valence-corrected chi connectivity index (χ4v) is 4.91. The average molecular weight is 551 g/mol. The Morgan fingerprint density at radius 3 is 1.14 bits per heavy atom. The average Bonchev–Trinajstić information content (AvgIpc) is 3.15. The van der Waals surface area contributed by atoms with Crippen molar-refractivity contribution in [3.63, 3.8) is 0 Å². The van der Waals surface area contributed by atoms with Crippen LogP contribution in [0.1, 0.15) is 39.5 Å². The molecule has 0 saturated heterocycles. The van der Waals surface area contributed by atoms with Crippen molar-refractivity contribution < 1.29 is 48.1 Å². The summed E-state index contributed by atoms with van der Waals surface area (Å²) in [5.74, 6) is 0. The van der Waals surface area contributed by atoms with E-state index in [1.54, 1.807) is 33.7 Å². The normalized spacial score (nSPS) is 15.3. The Kier molecular flexibility index (Phi) is 19.0. The van der Waals surface area contributed by atoms with Gasteiger partial charge in [-0.15, -0.1) is 12.8 Å². The van der Waals surface area contributed by atoms with Crippen LogP contribution in [-0.2, 0) is 23.3 Å². The van der Waals surface area contributed by atoms with Gasteiger partial charge in [-0.1, -0.05) is 66.0 Å². The number of hydrogen-bond acceptors (Lipinski definition) is 0. The molecule has 0 aromatic carbocycles. The smallest absolute Gasteiger partial charge is 1.00 e. The van der Waals surface area contributed by atoms with Crippen molar-refractivity contribution in [2.75, 3.05) is 0 Å². The van der Waals surface area contributed by atoms with E-state index in [2.05, 4.69) is 90.5 Å². The number of allylic oxidation sites excluding steroid dienone is 8. The van der Waals surface area contributed by atoms with Crippen LogP contribution in [0.3, 0.4) is 0 Å². The second kappa shape index (κ2) is 15.8. The number of halogens is 2. The monoisotopic (exact) mass is 548 g/mol. The molecule has 0 aromatic heterocycles. The Morgan fingerprint density at radius 1 is 0.786 bits per heavy atom. The summed E-state index contributed by atoms with van der Waals surface area (Å²) in [4.78, 5) is 0. The van der Waals surface area contributed by atoms with E-state index in [9.17, 15) is 0 Å². The van der Waals surface area contributed by atoms with Crippen molar-refractivity contribution in [2.24, 2.45) is 0 Å². The molecule has 0 amide bonds. The van der Waals surface area contributed by atoms with Crippen LogP contribution in [0.2, 0.25) is 52.4 Å². The van der Waals surface area contributed by atoms with E-state index in [0.29, 0.717) is 0 Å². The molecular formula is C22H40Cl2Si3Zr-2. The molecule has 0 atom stereocenters. The molecule has 6 heteroatoms. The van der Waals surface area contributed by atoms with Gasteiger partial charge >= 0.3 is 41.9 Å². The Bertz CT molecular complexity index is 552. The molecular weight excluding hydrogens is 511 g/mol. The summed E-state index contributed by atoms with van der Waals surface area (Å²) in [5, 5.41) is 3.32. The maximum Gasteiger partial charge on any atom is -1.00 e. The molecule has 0 spiro atoms. The van der Waals surface area contributed by atoms with E-state index in [-0.39, 0.29) is 30.2 Å². The van der Waals surface area contributed by atoms with E-state index in [4.69, 9.17) is 0 Å². The molecule has 0 aromatic rings. The Morgan fingerprint density at radius 2 is 1.04 bits per heavy atom. The fraction of sp³-hybridized carbons (Fsp3) is 0.636. The molecule has 0 unspecified atom stereocenters. The van der Waals surface area contributed by atoms with Crippen LogP contribution in [0.25, 0.3) is 0 Å². The molecule has 0 saturated carbocycles. The van der Waals surface area contributed by atoms with Crippen molar-refractivity contribution in [3.05, 3.63) is 45.8 Å². The summed E-state index contributed by atoms with van der Waals surface area (Å²) in [6.45, 7) is 23.4. The minimum atomic E-state index is -1.00. The fourth-order valence-electron chi connectivity index (χ4n) is 2.46. The summed E-state index contributed by atoms with van der Waals surface area (Å²) in [6.07, 6.45) is 16.1. The van der Waals surface area contributed by atoms with Crippen LogP contribution in [0.4, 0.5) is 0 Å². The van der Waals surface area contributed by atoms with Gasteiger partial charge in [-0.2, -0.15) is 10.4 Å². The first-order valence-corrected chi connectivity index (χ1v) is 23.1. The SMILES string of the molecule is CCC1=[C-]CC([Si](C)(C)C)=C1.CCC1=[C-]CC([Si](C)(C)C)=C1.C[Si](C)=[Zr+2].[Cl-].[Cl-]. The van der Waals surface area contributed by atoms with Crippen molar-refractivity contribution >= 4 is 21.6 Å². The molecule has 0 nitrogen and oxygen atoms in total. The second-order valence-electron chi connectivity index (χ2n) is 9.30. The minimum Gasteiger partial charge on any atom is -1.00 e. The summed E-state index contributed by atoms with van der Waals surface area (Å²) >= 11 is 1.74. The van der Waals surface area contributed by atoms with Crippen molar-refractivity contribution in [1.29, 1.82) is 0 Å². The third-order valence-corrected chi connectivity index (χ3v) is 8.89. The quantitative estimate of drug-likeness (QED) is 0.367. The van der Waals surface area contributed by atoms with E-state index in [0.717, 1.165) is 25.7 Å². The molecule has 0 bridgehead atoms. The summed E-state index contributed by atoms with van der Waals surface area (Å²) in [6, 6.07) is 0. The second-order valence-corrected chi connectivity index (χ2v) is 29.0. The molecule has 0 heterocycles. The first-order valence-electron chi connectivity index (χ1n) is 9.94. The molecule has 0 aliphatic heterocycles. The number of hydrogen-bond donors (Lipinski definition) is 0. The Balaban J connectivity index is -0.000000355. The third kappa shape index (κ3) is 15.0. The largest absolute Gasteiger partial charge is 1.00 e. The topological polar surface area (TPSA) is 0 Å². The summed E-state index contributed by atoms with van der Waals surface area (Å²) < 4.78 is 0. The van der Waals surface area contributed by atoms with Crippen LogP contribution in [-0.4, -0.2) is 21.6 Å². The van der Waals surface area contributed by atoms with Crippen molar-refractivity contribution in [3.8, 4) is 0 Å². The molecule has 2 rings (SSSR count). The van der Waals surface area contributed by atoms with Gasteiger partial charge in [0.15, 0.2) is 0 Å². The molecule has 2 aliphatic rings. The molecule has 28 heavy (non-hydrogen) atoms. The van der Waals surface area contributed by atoms with E-state index < -0.39 is 16.1 Å². The Labute approximate surface area is 206 Å². The van der Waals surface area contributed by atoms with Crippen molar-refractivity contribution in [2.45, 2.75) is 91.9 Å². The third-order valence-electron chi connectivity index (χ3n) is 4.40. The van der Waals surface area contributed by atoms with Crippen molar-refractivity contribution in [1.82, 2.24) is 0 Å². The maximum absolute atomic E-state index is 3.42. The number of rotatable bonds is 4. The van der Waals surface area contributed by atoms with Crippen LogP contribution in [0, 0.1) is 12.2 Å². The van der Waals surface area contributed by atoms with Gasteiger partial charge in [-0.3, -0.25) is 12.2 Å². The standard InChI is InChI=1S/2C10H17Si.C2H6Si.2ClH.Zr/c2*1-5-9-6-7-10(8-9)11(2,3)4;1-3-2;;;/h2*8H,5,7H2,1-4H3;1-2H3;2*1H;/q2*-1;;;;+2/p-2. The van der Waals surface area contributed by atoms with Crippen LogP contribution >= 0.6 is 0 Å². The van der Waals surface area contributed by atoms with E-state index in [1.807, 2.05) is 0 Å². The summed E-state index contributed by atoms with van der Waals surface area (Å²) in [7, 11) is -2.01. The van der Waals surface area contributed by atoms with Gasteiger partial charge in [-0.25, -0.2) is 23.3 Å². The maximum atomic E-state index is 3.42. The van der Waals surface area contributed by atoms with Gasteiger partial charge in [0.2, 0.25) is 0 Å². The molecule has 2 aliphatic carbocycles. The first-order chi connectivity index (χ1) is 11.8. The van der Waals surface area contributed by atoms with Gasteiger partial charge in [0.1, 0.15) is 0 Å². The predicted molar refractivity (Wildman–Crippen MR) is 124 cm³/mol. The van der Waals surface area contributed by atoms with Crippen LogP contribution < -0.4 is 24.8 Å². The van der Waals surface area contributed by atoms with Gasteiger partial charge in [0.05, 0.1) is 16.1 Å². The minimum absolute atomic E-state index is 0. The van der Waals surface area contributed by atoms with E-state index in [1.165, 1.54) is 11.1 Å². The molecule has 160 valence electrons. The molecule has 0 N–H and O–H groups in total. The summed E-state index contributed by atoms with van der Waals surface area (Å²) in [5.41, 5.74) is 3.05. The van der Waals surface area contributed by atoms with Gasteiger partial charge < -0.3 is 24.8 Å². The molecule has 0 fully saturated rings. The zero-order valence-corrected chi connectivity index (χ0v) is 26.7. The zero-order valence-electron chi connectivity index (χ0n) is 19.7. The van der Waals surface area contributed by atoms with Gasteiger partial charge in [0.25, 0.3) is 0 Å². The molecule has 0 radical (unpaired) electrons.